The first-order chi connectivity index (χ1) is 8.96. The zero-order valence-corrected chi connectivity index (χ0v) is 12.0. The number of anilines is 2. The van der Waals surface area contributed by atoms with Crippen molar-refractivity contribution < 1.29 is 4.79 Å². The molecule has 2 N–H and O–H groups in total. The van der Waals surface area contributed by atoms with E-state index in [2.05, 4.69) is 27.7 Å². The lowest BCUT2D eigenvalue weighted by Gasteiger charge is -2.27. The molecule has 0 bridgehead atoms. The monoisotopic (exact) mass is 261 g/mol. The Labute approximate surface area is 115 Å². The van der Waals surface area contributed by atoms with E-state index in [-0.39, 0.29) is 11.4 Å². The Bertz CT molecular complexity index is 451. The van der Waals surface area contributed by atoms with E-state index >= 15 is 0 Å². The number of nitrogens with zero attached hydrogens (tertiary/aromatic N) is 1. The molecule has 0 unspecified atom stereocenters. The van der Waals surface area contributed by atoms with Crippen LogP contribution in [0.4, 0.5) is 11.4 Å². The molecule has 1 aromatic rings. The highest BCUT2D eigenvalue weighted by atomic mass is 16.2. The topological polar surface area (TPSA) is 44.4 Å². The van der Waals surface area contributed by atoms with E-state index in [4.69, 9.17) is 0 Å². The van der Waals surface area contributed by atoms with Crippen molar-refractivity contribution in [3.05, 3.63) is 24.3 Å². The van der Waals surface area contributed by atoms with Gasteiger partial charge in [0, 0.05) is 18.6 Å². The van der Waals surface area contributed by atoms with Crippen LogP contribution in [0.15, 0.2) is 24.3 Å². The summed E-state index contributed by atoms with van der Waals surface area (Å²) in [4.78, 5) is 14.2. The first-order valence-corrected chi connectivity index (χ1v) is 6.84. The summed E-state index contributed by atoms with van der Waals surface area (Å²) in [5.41, 5.74) is 2.05. The van der Waals surface area contributed by atoms with Crippen LogP contribution in [0, 0.1) is 0 Å². The maximum atomic E-state index is 12.1. The number of rotatable bonds is 2. The van der Waals surface area contributed by atoms with E-state index in [1.807, 2.05) is 32.9 Å². The van der Waals surface area contributed by atoms with Gasteiger partial charge in [0.25, 0.3) is 0 Å². The van der Waals surface area contributed by atoms with Crippen molar-refractivity contribution in [1.29, 1.82) is 0 Å². The average molecular weight is 261 g/mol. The van der Waals surface area contributed by atoms with E-state index in [0.29, 0.717) is 6.54 Å². The third-order valence-electron chi connectivity index (χ3n) is 3.01. The molecule has 0 spiro atoms. The molecule has 0 fully saturated rings. The largest absolute Gasteiger partial charge is 0.383 e. The molecular formula is C15H23N3O. The molecule has 0 aromatic heterocycles. The number of hydrogen-bond donors (Lipinski definition) is 2. The van der Waals surface area contributed by atoms with Crippen molar-refractivity contribution in [2.24, 2.45) is 0 Å². The van der Waals surface area contributed by atoms with E-state index in [0.717, 1.165) is 30.9 Å². The van der Waals surface area contributed by atoms with Crippen LogP contribution < -0.4 is 15.5 Å². The first-order valence-electron chi connectivity index (χ1n) is 6.84. The number of para-hydroxylation sites is 2. The summed E-state index contributed by atoms with van der Waals surface area (Å²) in [7, 11) is 0. The molecule has 0 aliphatic carbocycles. The van der Waals surface area contributed by atoms with Crippen LogP contribution in [0.25, 0.3) is 0 Å². The summed E-state index contributed by atoms with van der Waals surface area (Å²) >= 11 is 0. The Kier molecular flexibility index (Phi) is 3.98. The van der Waals surface area contributed by atoms with Gasteiger partial charge in [0.05, 0.1) is 17.9 Å². The number of carbonyl (C=O) groups is 1. The van der Waals surface area contributed by atoms with E-state index in [1.165, 1.54) is 0 Å². The van der Waals surface area contributed by atoms with Crippen LogP contribution in [0.2, 0.25) is 0 Å². The van der Waals surface area contributed by atoms with Gasteiger partial charge in [-0.2, -0.15) is 0 Å². The van der Waals surface area contributed by atoms with Crippen LogP contribution in [0.3, 0.4) is 0 Å². The van der Waals surface area contributed by atoms with Crippen LogP contribution in [-0.4, -0.2) is 31.1 Å². The second kappa shape index (κ2) is 5.51. The molecule has 1 aliphatic rings. The Hall–Kier alpha value is -1.71. The van der Waals surface area contributed by atoms with Crippen LogP contribution in [0.1, 0.15) is 27.2 Å². The number of nitrogens with one attached hydrogen (secondary N) is 2. The summed E-state index contributed by atoms with van der Waals surface area (Å²) < 4.78 is 0. The van der Waals surface area contributed by atoms with Crippen molar-refractivity contribution in [2.75, 3.05) is 29.9 Å². The summed E-state index contributed by atoms with van der Waals surface area (Å²) in [6.45, 7) is 8.28. The molecule has 2 rings (SSSR count). The minimum absolute atomic E-state index is 0.0733. The van der Waals surface area contributed by atoms with Gasteiger partial charge >= 0.3 is 0 Å². The number of hydrogen-bond acceptors (Lipinski definition) is 3. The van der Waals surface area contributed by atoms with E-state index in [9.17, 15) is 4.79 Å². The molecule has 1 aromatic carbocycles. The smallest absolute Gasteiger partial charge is 0.239 e. The summed E-state index contributed by atoms with van der Waals surface area (Å²) in [5.74, 6) is 0.0733. The quantitative estimate of drug-likeness (QED) is 0.858. The normalized spacial score (nSPS) is 15.2. The van der Waals surface area contributed by atoms with Gasteiger partial charge in [-0.25, -0.2) is 0 Å². The number of amides is 1. The standard InChI is InChI=1S/C15H23N3O/c1-15(2,3)17-14(19)11-18-10-6-9-16-12-7-4-5-8-13(12)18/h4-5,7-8,16H,6,9-11H2,1-3H3,(H,17,19). The Morgan fingerprint density at radius 2 is 2.11 bits per heavy atom. The SMILES string of the molecule is CC(C)(C)NC(=O)CN1CCCNc2ccccc21. The molecular weight excluding hydrogens is 238 g/mol. The summed E-state index contributed by atoms with van der Waals surface area (Å²) in [5, 5.41) is 6.42. The zero-order chi connectivity index (χ0) is 13.9. The molecule has 1 heterocycles. The Balaban J connectivity index is 2.10. The van der Waals surface area contributed by atoms with Crippen molar-refractivity contribution in [1.82, 2.24) is 5.32 Å². The number of benzene rings is 1. The van der Waals surface area contributed by atoms with Crippen molar-refractivity contribution in [3.63, 3.8) is 0 Å². The summed E-state index contributed by atoms with van der Waals surface area (Å²) in [6.07, 6.45) is 1.04. The lowest BCUT2D eigenvalue weighted by Crippen LogP contribution is -2.46. The second-order valence-corrected chi connectivity index (χ2v) is 6.02. The van der Waals surface area contributed by atoms with Gasteiger partial charge in [-0.1, -0.05) is 12.1 Å². The molecule has 104 valence electrons. The van der Waals surface area contributed by atoms with Crippen LogP contribution in [-0.2, 0) is 4.79 Å². The first kappa shape index (κ1) is 13.7. The predicted molar refractivity (Wildman–Crippen MR) is 79.7 cm³/mol. The van der Waals surface area contributed by atoms with E-state index < -0.39 is 0 Å². The zero-order valence-electron chi connectivity index (χ0n) is 12.0. The van der Waals surface area contributed by atoms with Crippen molar-refractivity contribution in [2.45, 2.75) is 32.7 Å². The lowest BCUT2D eigenvalue weighted by atomic mass is 10.1. The number of carbonyl (C=O) groups excluding carboxylic acids is 1. The molecule has 4 heteroatoms. The van der Waals surface area contributed by atoms with Crippen molar-refractivity contribution in [3.8, 4) is 0 Å². The van der Waals surface area contributed by atoms with Crippen molar-refractivity contribution >= 4 is 17.3 Å². The lowest BCUT2D eigenvalue weighted by molar-refractivity contribution is -0.121. The maximum absolute atomic E-state index is 12.1. The second-order valence-electron chi connectivity index (χ2n) is 6.02. The maximum Gasteiger partial charge on any atom is 0.239 e. The fraction of sp³-hybridized carbons (Fsp3) is 0.533. The molecule has 0 radical (unpaired) electrons. The highest BCUT2D eigenvalue weighted by molar-refractivity contribution is 5.84. The molecule has 0 saturated carbocycles. The minimum Gasteiger partial charge on any atom is -0.383 e. The Morgan fingerprint density at radius 1 is 1.37 bits per heavy atom. The molecule has 0 saturated heterocycles. The van der Waals surface area contributed by atoms with Gasteiger partial charge in [-0.05, 0) is 39.3 Å². The molecule has 1 amide bonds. The third kappa shape index (κ3) is 3.88. The summed E-state index contributed by atoms with van der Waals surface area (Å²) in [6, 6.07) is 8.17. The van der Waals surface area contributed by atoms with Gasteiger partial charge in [0.2, 0.25) is 5.91 Å². The number of fused-ring (bicyclic) bond motifs is 1. The fourth-order valence-corrected chi connectivity index (χ4v) is 2.31. The highest BCUT2D eigenvalue weighted by Gasteiger charge is 2.19. The van der Waals surface area contributed by atoms with Gasteiger partial charge < -0.3 is 15.5 Å². The van der Waals surface area contributed by atoms with Gasteiger partial charge in [-0.15, -0.1) is 0 Å². The molecule has 1 aliphatic heterocycles. The van der Waals surface area contributed by atoms with E-state index in [1.54, 1.807) is 0 Å². The fourth-order valence-electron chi connectivity index (χ4n) is 2.31. The molecule has 0 atom stereocenters. The van der Waals surface area contributed by atoms with Gasteiger partial charge in [0.15, 0.2) is 0 Å². The third-order valence-corrected chi connectivity index (χ3v) is 3.01. The predicted octanol–water partition coefficient (Wildman–Crippen LogP) is 2.22. The molecule has 19 heavy (non-hydrogen) atoms. The molecule has 4 nitrogen and oxygen atoms in total. The van der Waals surface area contributed by atoms with Gasteiger partial charge in [-0.3, -0.25) is 4.79 Å². The Morgan fingerprint density at radius 3 is 2.84 bits per heavy atom. The minimum atomic E-state index is -0.180. The average Bonchev–Trinajstić information content (AvgIpc) is 2.50. The highest BCUT2D eigenvalue weighted by Crippen LogP contribution is 2.27. The van der Waals surface area contributed by atoms with Gasteiger partial charge in [0.1, 0.15) is 0 Å². The van der Waals surface area contributed by atoms with Crippen LogP contribution in [0.5, 0.6) is 0 Å². The van der Waals surface area contributed by atoms with Crippen LogP contribution >= 0.6 is 0 Å².